The number of hydrogen-bond donors (Lipinski definition) is 3. The van der Waals surface area contributed by atoms with Crippen molar-refractivity contribution < 1.29 is 10.3 Å². The van der Waals surface area contributed by atoms with Gasteiger partial charge in [0.05, 0.1) is 5.69 Å². The van der Waals surface area contributed by atoms with Crippen molar-refractivity contribution in [1.29, 1.82) is 0 Å². The van der Waals surface area contributed by atoms with Gasteiger partial charge in [-0.1, -0.05) is 36.4 Å². The van der Waals surface area contributed by atoms with Gasteiger partial charge in [0, 0.05) is 5.39 Å². The van der Waals surface area contributed by atoms with Crippen LogP contribution in [0.15, 0.2) is 47.5 Å². The average molecular weight is 248 g/mol. The van der Waals surface area contributed by atoms with Gasteiger partial charge in [-0.15, -0.1) is 10.1 Å². The molecule has 0 bridgehead atoms. The van der Waals surface area contributed by atoms with Gasteiger partial charge < -0.3 is 16.7 Å². The van der Waals surface area contributed by atoms with Crippen molar-refractivity contribution in [3.05, 3.63) is 52.6 Å². The number of rotatable bonds is 1. The summed E-state index contributed by atoms with van der Waals surface area (Å²) in [6, 6.07) is 13.8. The molecule has 0 aromatic heterocycles. The Morgan fingerprint density at radius 2 is 1.72 bits per heavy atom. The fourth-order valence-electron chi connectivity index (χ4n) is 1.44. The molecular formula is C11H12N4O3. The van der Waals surface area contributed by atoms with E-state index in [1.165, 1.54) is 0 Å². The van der Waals surface area contributed by atoms with Gasteiger partial charge in [-0.2, -0.15) is 0 Å². The largest absolute Gasteiger partial charge is 0.370 e. The monoisotopic (exact) mass is 248 g/mol. The van der Waals surface area contributed by atoms with E-state index in [2.05, 4.69) is 4.99 Å². The minimum atomic E-state index is -1.50. The molecule has 0 saturated heterocycles. The lowest BCUT2D eigenvalue weighted by Gasteiger charge is -2.01. The second-order valence-electron chi connectivity index (χ2n) is 3.27. The number of nitrogens with zero attached hydrogens (tertiary/aromatic N) is 2. The standard InChI is InChI=1S/C11H11N3.HNO3/c12-11(13)14-10-7-3-5-8-4-1-2-6-9(8)10;2-1(3)4/h1-7H,(H4,12,13,14);(H,2,3,4). The SMILES string of the molecule is NC(N)=Nc1cccc2ccccc12.O=[N+]([O-])O. The zero-order valence-corrected chi connectivity index (χ0v) is 9.35. The highest BCUT2D eigenvalue weighted by molar-refractivity contribution is 5.95. The van der Waals surface area contributed by atoms with Crippen LogP contribution in [0.4, 0.5) is 5.69 Å². The van der Waals surface area contributed by atoms with Crippen molar-refractivity contribution in [1.82, 2.24) is 0 Å². The predicted octanol–water partition coefficient (Wildman–Crippen LogP) is 1.40. The van der Waals surface area contributed by atoms with E-state index in [-0.39, 0.29) is 5.96 Å². The molecule has 0 aliphatic heterocycles. The summed E-state index contributed by atoms with van der Waals surface area (Å²) in [4.78, 5) is 12.4. The number of aliphatic imine (C=N–C) groups is 1. The minimum Gasteiger partial charge on any atom is -0.370 e. The molecule has 0 unspecified atom stereocenters. The van der Waals surface area contributed by atoms with Crippen LogP contribution in [-0.4, -0.2) is 16.3 Å². The molecule has 7 nitrogen and oxygen atoms in total. The van der Waals surface area contributed by atoms with Crippen LogP contribution < -0.4 is 11.5 Å². The molecule has 0 radical (unpaired) electrons. The van der Waals surface area contributed by atoms with Crippen molar-refractivity contribution in [3.63, 3.8) is 0 Å². The normalized spacial score (nSPS) is 9.11. The molecule has 2 aromatic rings. The van der Waals surface area contributed by atoms with Gasteiger partial charge in [-0.25, -0.2) is 4.99 Å². The fraction of sp³-hybridized carbons (Fsp3) is 0. The molecule has 0 spiro atoms. The predicted molar refractivity (Wildman–Crippen MR) is 68.2 cm³/mol. The van der Waals surface area contributed by atoms with E-state index in [1.54, 1.807) is 0 Å². The molecule has 0 aliphatic carbocycles. The number of guanidine groups is 1. The Balaban J connectivity index is 0.000000357. The smallest absolute Gasteiger partial charge is 0.291 e. The first kappa shape index (κ1) is 13.2. The Labute approximate surface area is 102 Å². The summed E-state index contributed by atoms with van der Waals surface area (Å²) in [5.41, 5.74) is 11.5. The topological polar surface area (TPSA) is 128 Å². The summed E-state index contributed by atoms with van der Waals surface area (Å²) in [6.07, 6.45) is 0. The summed E-state index contributed by atoms with van der Waals surface area (Å²) >= 11 is 0. The van der Waals surface area contributed by atoms with E-state index >= 15 is 0 Å². The fourth-order valence-corrected chi connectivity index (χ4v) is 1.44. The van der Waals surface area contributed by atoms with Crippen LogP contribution in [0.1, 0.15) is 0 Å². The van der Waals surface area contributed by atoms with Crippen LogP contribution in [0, 0.1) is 10.1 Å². The molecule has 0 fully saturated rings. The molecule has 0 amide bonds. The summed E-state index contributed by atoms with van der Waals surface area (Å²) in [5.74, 6) is 0.0846. The molecule has 0 aliphatic rings. The van der Waals surface area contributed by atoms with Crippen LogP contribution in [-0.2, 0) is 0 Å². The van der Waals surface area contributed by atoms with Crippen molar-refractivity contribution in [2.75, 3.05) is 0 Å². The highest BCUT2D eigenvalue weighted by Crippen LogP contribution is 2.24. The summed E-state index contributed by atoms with van der Waals surface area (Å²) < 4.78 is 0. The first-order valence-corrected chi connectivity index (χ1v) is 4.91. The third-order valence-corrected chi connectivity index (χ3v) is 2.02. The van der Waals surface area contributed by atoms with E-state index in [0.29, 0.717) is 0 Å². The summed E-state index contributed by atoms with van der Waals surface area (Å²) in [7, 11) is 0. The third-order valence-electron chi connectivity index (χ3n) is 2.02. The zero-order chi connectivity index (χ0) is 13.5. The molecular weight excluding hydrogens is 236 g/mol. The molecule has 0 saturated carbocycles. The maximum Gasteiger partial charge on any atom is 0.291 e. The van der Waals surface area contributed by atoms with E-state index < -0.39 is 5.09 Å². The second kappa shape index (κ2) is 6.04. The van der Waals surface area contributed by atoms with Gasteiger partial charge in [-0.3, -0.25) is 0 Å². The Morgan fingerprint density at radius 1 is 1.17 bits per heavy atom. The number of hydrogen-bond acceptors (Lipinski definition) is 3. The van der Waals surface area contributed by atoms with E-state index in [0.717, 1.165) is 16.5 Å². The number of fused-ring (bicyclic) bond motifs is 1. The third kappa shape index (κ3) is 3.97. The Bertz CT molecular complexity index is 570. The maximum absolute atomic E-state index is 8.36. The molecule has 2 rings (SSSR count). The Morgan fingerprint density at radius 3 is 2.33 bits per heavy atom. The lowest BCUT2D eigenvalue weighted by molar-refractivity contribution is -0.742. The average Bonchev–Trinajstić information content (AvgIpc) is 2.28. The molecule has 18 heavy (non-hydrogen) atoms. The van der Waals surface area contributed by atoms with Crippen LogP contribution >= 0.6 is 0 Å². The van der Waals surface area contributed by atoms with E-state index in [9.17, 15) is 0 Å². The van der Waals surface area contributed by atoms with Gasteiger partial charge in [0.1, 0.15) is 0 Å². The van der Waals surface area contributed by atoms with Gasteiger partial charge in [0.25, 0.3) is 5.09 Å². The van der Waals surface area contributed by atoms with Crippen LogP contribution in [0.3, 0.4) is 0 Å². The number of benzene rings is 2. The van der Waals surface area contributed by atoms with Crippen molar-refractivity contribution in [3.8, 4) is 0 Å². The highest BCUT2D eigenvalue weighted by atomic mass is 16.9. The second-order valence-corrected chi connectivity index (χ2v) is 3.27. The van der Waals surface area contributed by atoms with Crippen LogP contribution in [0.25, 0.3) is 10.8 Å². The Hall–Kier alpha value is -2.83. The van der Waals surface area contributed by atoms with Crippen molar-refractivity contribution in [2.45, 2.75) is 0 Å². The molecule has 0 atom stereocenters. The van der Waals surface area contributed by atoms with Crippen molar-refractivity contribution >= 4 is 22.4 Å². The van der Waals surface area contributed by atoms with E-state index in [4.69, 9.17) is 26.8 Å². The minimum absolute atomic E-state index is 0.0846. The van der Waals surface area contributed by atoms with Crippen molar-refractivity contribution in [2.24, 2.45) is 16.5 Å². The summed E-state index contributed by atoms with van der Waals surface area (Å²) in [6.45, 7) is 0. The first-order valence-electron chi connectivity index (χ1n) is 4.91. The Kier molecular flexibility index (Phi) is 4.44. The van der Waals surface area contributed by atoms with Gasteiger partial charge >= 0.3 is 0 Å². The molecule has 0 heterocycles. The summed E-state index contributed by atoms with van der Waals surface area (Å²) in [5, 5.41) is 15.8. The van der Waals surface area contributed by atoms with Gasteiger partial charge in [-0.05, 0) is 11.5 Å². The first-order chi connectivity index (χ1) is 8.50. The number of nitrogens with two attached hydrogens (primary N) is 2. The van der Waals surface area contributed by atoms with Crippen LogP contribution in [0.5, 0.6) is 0 Å². The van der Waals surface area contributed by atoms with Gasteiger partial charge in [0.2, 0.25) is 0 Å². The lowest BCUT2D eigenvalue weighted by atomic mass is 10.1. The molecule has 2 aromatic carbocycles. The van der Waals surface area contributed by atoms with Gasteiger partial charge in [0.15, 0.2) is 5.96 Å². The molecule has 94 valence electrons. The molecule has 5 N–H and O–H groups in total. The maximum atomic E-state index is 8.36. The highest BCUT2D eigenvalue weighted by Gasteiger charge is 1.97. The van der Waals surface area contributed by atoms with E-state index in [1.807, 2.05) is 42.5 Å². The molecule has 7 heteroatoms. The van der Waals surface area contributed by atoms with Crippen LogP contribution in [0.2, 0.25) is 0 Å². The lowest BCUT2D eigenvalue weighted by Crippen LogP contribution is -2.21. The quantitative estimate of drug-likeness (QED) is 0.304. The zero-order valence-electron chi connectivity index (χ0n) is 9.35.